The van der Waals surface area contributed by atoms with Crippen LogP contribution in [0, 0.1) is 0 Å². The van der Waals surface area contributed by atoms with Gasteiger partial charge in [0.2, 0.25) is 0 Å². The first-order valence-electron chi connectivity index (χ1n) is 7.68. The van der Waals surface area contributed by atoms with Crippen LogP contribution < -0.4 is 5.32 Å². The number of nitrogens with one attached hydrogen (secondary N) is 1. The van der Waals surface area contributed by atoms with Crippen LogP contribution in [0.25, 0.3) is 0 Å². The van der Waals surface area contributed by atoms with E-state index in [9.17, 15) is 0 Å². The summed E-state index contributed by atoms with van der Waals surface area (Å²) in [5.41, 5.74) is 0.465. The van der Waals surface area contributed by atoms with Crippen LogP contribution in [0.5, 0.6) is 0 Å². The third-order valence-corrected chi connectivity index (χ3v) is 4.95. The highest BCUT2D eigenvalue weighted by Gasteiger charge is 2.39. The van der Waals surface area contributed by atoms with Gasteiger partial charge in [0.05, 0.1) is 0 Å². The summed E-state index contributed by atoms with van der Waals surface area (Å²) in [5, 5.41) is 3.87. The average molecular weight is 238 g/mol. The zero-order chi connectivity index (χ0) is 12.3. The maximum atomic E-state index is 3.87. The van der Waals surface area contributed by atoms with E-state index in [-0.39, 0.29) is 0 Å². The molecule has 1 aliphatic heterocycles. The first-order chi connectivity index (χ1) is 8.17. The highest BCUT2D eigenvalue weighted by Crippen LogP contribution is 2.33. The lowest BCUT2D eigenvalue weighted by Crippen LogP contribution is -2.52. The highest BCUT2D eigenvalue weighted by atomic mass is 15.2. The van der Waals surface area contributed by atoms with Gasteiger partial charge in [0.25, 0.3) is 0 Å². The SMILES string of the molecule is CCCC(C)N1CC2(CCCC2)NCCC1C. The van der Waals surface area contributed by atoms with Crippen molar-refractivity contribution in [3.8, 4) is 0 Å². The van der Waals surface area contributed by atoms with Gasteiger partial charge in [0.1, 0.15) is 0 Å². The molecule has 2 atom stereocenters. The summed E-state index contributed by atoms with van der Waals surface area (Å²) >= 11 is 0. The largest absolute Gasteiger partial charge is 0.310 e. The van der Waals surface area contributed by atoms with Crippen molar-refractivity contribution in [2.75, 3.05) is 13.1 Å². The summed E-state index contributed by atoms with van der Waals surface area (Å²) < 4.78 is 0. The predicted octanol–water partition coefficient (Wildman–Crippen LogP) is 3.17. The van der Waals surface area contributed by atoms with E-state index in [0.29, 0.717) is 5.54 Å². The molecule has 2 aliphatic rings. The van der Waals surface area contributed by atoms with Crippen LogP contribution in [0.4, 0.5) is 0 Å². The fraction of sp³-hybridized carbons (Fsp3) is 1.00. The lowest BCUT2D eigenvalue weighted by Gasteiger charge is -2.39. The fourth-order valence-corrected chi connectivity index (χ4v) is 3.83. The minimum absolute atomic E-state index is 0.465. The van der Waals surface area contributed by atoms with Crippen LogP contribution in [0.2, 0.25) is 0 Å². The van der Waals surface area contributed by atoms with Gasteiger partial charge in [0.15, 0.2) is 0 Å². The molecule has 1 saturated heterocycles. The number of hydrogen-bond acceptors (Lipinski definition) is 2. The molecule has 1 spiro atoms. The van der Waals surface area contributed by atoms with Crippen molar-refractivity contribution in [1.82, 2.24) is 10.2 Å². The van der Waals surface area contributed by atoms with Gasteiger partial charge in [0, 0.05) is 24.2 Å². The zero-order valence-corrected chi connectivity index (χ0v) is 12.0. The van der Waals surface area contributed by atoms with Crippen molar-refractivity contribution in [3.05, 3.63) is 0 Å². The molecule has 2 rings (SSSR count). The quantitative estimate of drug-likeness (QED) is 0.812. The maximum Gasteiger partial charge on any atom is 0.0309 e. The van der Waals surface area contributed by atoms with Gasteiger partial charge < -0.3 is 5.32 Å². The highest BCUT2D eigenvalue weighted by molar-refractivity contribution is 4.99. The second-order valence-corrected chi connectivity index (χ2v) is 6.36. The molecule has 0 aromatic carbocycles. The first-order valence-corrected chi connectivity index (χ1v) is 7.68. The Morgan fingerprint density at radius 1 is 1.35 bits per heavy atom. The van der Waals surface area contributed by atoms with E-state index >= 15 is 0 Å². The number of rotatable bonds is 3. The molecule has 0 bridgehead atoms. The van der Waals surface area contributed by atoms with Gasteiger partial charge in [-0.15, -0.1) is 0 Å². The Hall–Kier alpha value is -0.0800. The van der Waals surface area contributed by atoms with Crippen LogP contribution in [0.1, 0.15) is 65.7 Å². The molecule has 1 saturated carbocycles. The van der Waals surface area contributed by atoms with E-state index in [2.05, 4.69) is 31.0 Å². The van der Waals surface area contributed by atoms with E-state index in [1.165, 1.54) is 58.0 Å². The third kappa shape index (κ3) is 3.03. The molecule has 17 heavy (non-hydrogen) atoms. The summed E-state index contributed by atoms with van der Waals surface area (Å²) in [7, 11) is 0. The summed E-state index contributed by atoms with van der Waals surface area (Å²) in [6.45, 7) is 9.66. The minimum Gasteiger partial charge on any atom is -0.310 e. The van der Waals surface area contributed by atoms with E-state index in [4.69, 9.17) is 0 Å². The van der Waals surface area contributed by atoms with Crippen molar-refractivity contribution in [1.29, 1.82) is 0 Å². The Morgan fingerprint density at radius 3 is 2.71 bits per heavy atom. The molecular weight excluding hydrogens is 208 g/mol. The van der Waals surface area contributed by atoms with Crippen LogP contribution in [-0.4, -0.2) is 35.6 Å². The minimum atomic E-state index is 0.465. The number of nitrogens with zero attached hydrogens (tertiary/aromatic N) is 1. The third-order valence-electron chi connectivity index (χ3n) is 4.95. The van der Waals surface area contributed by atoms with Crippen LogP contribution in [-0.2, 0) is 0 Å². The Labute approximate surface area is 107 Å². The molecule has 1 N–H and O–H groups in total. The second-order valence-electron chi connectivity index (χ2n) is 6.36. The van der Waals surface area contributed by atoms with Crippen LogP contribution in [0.15, 0.2) is 0 Å². The molecule has 0 radical (unpaired) electrons. The lowest BCUT2D eigenvalue weighted by molar-refractivity contribution is 0.117. The van der Waals surface area contributed by atoms with E-state index in [0.717, 1.165) is 12.1 Å². The Bertz CT molecular complexity index is 233. The second kappa shape index (κ2) is 5.71. The molecular formula is C15H30N2. The van der Waals surface area contributed by atoms with Gasteiger partial charge >= 0.3 is 0 Å². The topological polar surface area (TPSA) is 15.3 Å². The summed E-state index contributed by atoms with van der Waals surface area (Å²) in [4.78, 5) is 2.79. The first kappa shape index (κ1) is 13.4. The van der Waals surface area contributed by atoms with Crippen LogP contribution >= 0.6 is 0 Å². The summed E-state index contributed by atoms with van der Waals surface area (Å²) in [6, 6.07) is 1.51. The molecule has 0 amide bonds. The van der Waals surface area contributed by atoms with Gasteiger partial charge in [-0.05, 0) is 46.1 Å². The lowest BCUT2D eigenvalue weighted by atomic mass is 9.95. The molecule has 1 aliphatic carbocycles. The van der Waals surface area contributed by atoms with Crippen molar-refractivity contribution in [2.45, 2.75) is 83.3 Å². The summed E-state index contributed by atoms with van der Waals surface area (Å²) in [5.74, 6) is 0. The van der Waals surface area contributed by atoms with Gasteiger partial charge in [-0.1, -0.05) is 26.2 Å². The number of hydrogen-bond donors (Lipinski definition) is 1. The van der Waals surface area contributed by atoms with Crippen molar-refractivity contribution < 1.29 is 0 Å². The Balaban J connectivity index is 2.05. The average Bonchev–Trinajstić information content (AvgIpc) is 2.68. The molecule has 100 valence electrons. The molecule has 2 unspecified atom stereocenters. The van der Waals surface area contributed by atoms with E-state index in [1.807, 2.05) is 0 Å². The van der Waals surface area contributed by atoms with E-state index < -0.39 is 0 Å². The molecule has 0 aromatic heterocycles. The monoisotopic (exact) mass is 238 g/mol. The van der Waals surface area contributed by atoms with Crippen molar-refractivity contribution >= 4 is 0 Å². The van der Waals surface area contributed by atoms with Crippen LogP contribution in [0.3, 0.4) is 0 Å². The maximum absolute atomic E-state index is 3.87. The molecule has 2 heteroatoms. The van der Waals surface area contributed by atoms with Gasteiger partial charge in [-0.2, -0.15) is 0 Å². The normalized spacial score (nSPS) is 31.6. The molecule has 0 aromatic rings. The van der Waals surface area contributed by atoms with Gasteiger partial charge in [-0.25, -0.2) is 0 Å². The predicted molar refractivity (Wildman–Crippen MR) is 74.4 cm³/mol. The smallest absolute Gasteiger partial charge is 0.0309 e. The van der Waals surface area contributed by atoms with Gasteiger partial charge in [-0.3, -0.25) is 4.90 Å². The summed E-state index contributed by atoms with van der Waals surface area (Å²) in [6.07, 6.45) is 9.62. The standard InChI is InChI=1S/C15H30N2/c1-4-7-13(2)17-12-15(9-5-6-10-15)16-11-8-14(17)3/h13-14,16H,4-12H2,1-3H3. The van der Waals surface area contributed by atoms with E-state index in [1.54, 1.807) is 0 Å². The molecule has 2 fully saturated rings. The Morgan fingerprint density at radius 2 is 2.06 bits per heavy atom. The zero-order valence-electron chi connectivity index (χ0n) is 12.0. The Kier molecular flexibility index (Phi) is 4.48. The van der Waals surface area contributed by atoms with Crippen molar-refractivity contribution in [2.24, 2.45) is 0 Å². The molecule has 1 heterocycles. The van der Waals surface area contributed by atoms with Crippen molar-refractivity contribution in [3.63, 3.8) is 0 Å². The molecule has 2 nitrogen and oxygen atoms in total. The fourth-order valence-electron chi connectivity index (χ4n) is 3.83.